The molecule has 0 aliphatic heterocycles. The first-order valence-electron chi connectivity index (χ1n) is 8.67. The zero-order valence-electron chi connectivity index (χ0n) is 15.4. The third-order valence-corrected chi connectivity index (χ3v) is 5.63. The number of sulfonamides is 1. The van der Waals surface area contributed by atoms with E-state index in [-0.39, 0.29) is 11.5 Å². The molecule has 0 fully saturated rings. The van der Waals surface area contributed by atoms with Gasteiger partial charge in [-0.15, -0.1) is 0 Å². The number of benzene rings is 2. The van der Waals surface area contributed by atoms with Gasteiger partial charge < -0.3 is 9.15 Å². The minimum Gasteiger partial charge on any atom is -0.462 e. The number of fused-ring (bicyclic) bond motifs is 1. The van der Waals surface area contributed by atoms with Gasteiger partial charge >= 0.3 is 5.97 Å². The summed E-state index contributed by atoms with van der Waals surface area (Å²) in [5, 5.41) is 0.507. The molecule has 0 bridgehead atoms. The molecule has 0 aliphatic carbocycles. The molecule has 0 unspecified atom stereocenters. The Bertz CT molecular complexity index is 1080. The van der Waals surface area contributed by atoms with E-state index in [0.29, 0.717) is 28.0 Å². The van der Waals surface area contributed by atoms with Crippen molar-refractivity contribution in [3.63, 3.8) is 0 Å². The van der Waals surface area contributed by atoms with Crippen molar-refractivity contribution < 1.29 is 22.4 Å². The average molecular weight is 387 g/mol. The highest BCUT2D eigenvalue weighted by Gasteiger charge is 2.21. The summed E-state index contributed by atoms with van der Waals surface area (Å²) in [6, 6.07) is 11.5. The van der Waals surface area contributed by atoms with Gasteiger partial charge in [0.25, 0.3) is 10.0 Å². The van der Waals surface area contributed by atoms with Gasteiger partial charge in [-0.05, 0) is 56.2 Å². The van der Waals surface area contributed by atoms with Gasteiger partial charge in [0.2, 0.25) is 0 Å². The number of rotatable bonds is 6. The summed E-state index contributed by atoms with van der Waals surface area (Å²) >= 11 is 0. The Balaban J connectivity index is 1.96. The molecule has 0 atom stereocenters. The van der Waals surface area contributed by atoms with E-state index in [0.717, 1.165) is 12.0 Å². The van der Waals surface area contributed by atoms with Crippen LogP contribution in [0.25, 0.3) is 11.0 Å². The fourth-order valence-electron chi connectivity index (χ4n) is 2.86. The monoisotopic (exact) mass is 387 g/mol. The summed E-state index contributed by atoms with van der Waals surface area (Å²) in [6.07, 6.45) is 0.834. The van der Waals surface area contributed by atoms with E-state index < -0.39 is 16.0 Å². The lowest BCUT2D eigenvalue weighted by Crippen LogP contribution is -2.13. The van der Waals surface area contributed by atoms with E-state index >= 15 is 0 Å². The highest BCUT2D eigenvalue weighted by Crippen LogP contribution is 2.29. The molecule has 0 saturated heterocycles. The van der Waals surface area contributed by atoms with Gasteiger partial charge in [0.1, 0.15) is 16.9 Å². The molecule has 142 valence electrons. The minimum atomic E-state index is -3.74. The van der Waals surface area contributed by atoms with Crippen molar-refractivity contribution in [2.45, 2.75) is 32.1 Å². The van der Waals surface area contributed by atoms with Crippen LogP contribution in [-0.2, 0) is 21.2 Å². The molecule has 3 rings (SSSR count). The molecular formula is C20H21NO5S. The van der Waals surface area contributed by atoms with Crippen LogP contribution in [-0.4, -0.2) is 21.0 Å². The van der Waals surface area contributed by atoms with Crippen LogP contribution in [0, 0.1) is 6.92 Å². The first-order chi connectivity index (χ1) is 12.9. The third-order valence-electron chi connectivity index (χ3n) is 4.24. The van der Waals surface area contributed by atoms with Crippen molar-refractivity contribution in [2.24, 2.45) is 0 Å². The van der Waals surface area contributed by atoms with Crippen molar-refractivity contribution in [1.29, 1.82) is 0 Å². The lowest BCUT2D eigenvalue weighted by molar-refractivity contribution is 0.0526. The molecule has 2 aromatic carbocycles. The van der Waals surface area contributed by atoms with Crippen LogP contribution in [0.2, 0.25) is 0 Å². The number of ether oxygens (including phenoxy) is 1. The number of anilines is 1. The van der Waals surface area contributed by atoms with E-state index in [4.69, 9.17) is 9.15 Å². The average Bonchev–Trinajstić information content (AvgIpc) is 2.96. The van der Waals surface area contributed by atoms with Crippen molar-refractivity contribution in [2.75, 3.05) is 11.3 Å². The van der Waals surface area contributed by atoms with E-state index in [1.807, 2.05) is 6.92 Å². The van der Waals surface area contributed by atoms with E-state index in [1.54, 1.807) is 56.3 Å². The van der Waals surface area contributed by atoms with Gasteiger partial charge in [-0.3, -0.25) is 4.72 Å². The fourth-order valence-corrected chi connectivity index (χ4v) is 3.91. The number of furan rings is 1. The van der Waals surface area contributed by atoms with Crippen molar-refractivity contribution >= 4 is 32.6 Å². The van der Waals surface area contributed by atoms with Gasteiger partial charge in [0, 0.05) is 11.1 Å². The molecule has 0 amide bonds. The predicted octanol–water partition coefficient (Wildman–Crippen LogP) is 4.28. The number of hydrogen-bond acceptors (Lipinski definition) is 5. The minimum absolute atomic E-state index is 0.175. The molecule has 27 heavy (non-hydrogen) atoms. The third kappa shape index (κ3) is 3.83. The number of aryl methyl sites for hydroxylation is 2. The first kappa shape index (κ1) is 19.0. The maximum absolute atomic E-state index is 12.6. The van der Waals surface area contributed by atoms with Crippen LogP contribution >= 0.6 is 0 Å². The molecule has 6 nitrogen and oxygen atoms in total. The second-order valence-electron chi connectivity index (χ2n) is 6.07. The summed E-state index contributed by atoms with van der Waals surface area (Å²) < 4.78 is 38.5. The standard InChI is InChI=1S/C20H21NO5S/c1-4-14-6-9-16(10-7-14)27(23,24)21-15-8-11-18-17(12-15)19(13(3)26-18)20(22)25-5-2/h6-12,21H,4-5H2,1-3H3. The van der Waals surface area contributed by atoms with Gasteiger partial charge in [-0.1, -0.05) is 19.1 Å². The molecule has 1 aromatic heterocycles. The highest BCUT2D eigenvalue weighted by atomic mass is 32.2. The molecular weight excluding hydrogens is 366 g/mol. The summed E-state index contributed by atoms with van der Waals surface area (Å²) in [5.41, 5.74) is 2.20. The maximum Gasteiger partial charge on any atom is 0.342 e. The second-order valence-corrected chi connectivity index (χ2v) is 7.75. The molecule has 0 radical (unpaired) electrons. The Hall–Kier alpha value is -2.80. The molecule has 0 spiro atoms. The number of carbonyl (C=O) groups excluding carboxylic acids is 1. The second kappa shape index (κ2) is 7.44. The summed E-state index contributed by atoms with van der Waals surface area (Å²) in [6.45, 7) is 5.64. The molecule has 0 aliphatic rings. The summed E-state index contributed by atoms with van der Waals surface area (Å²) in [5.74, 6) is -0.0671. The van der Waals surface area contributed by atoms with Crippen molar-refractivity contribution in [1.82, 2.24) is 0 Å². The van der Waals surface area contributed by atoms with E-state index in [2.05, 4.69) is 4.72 Å². The predicted molar refractivity (Wildman–Crippen MR) is 104 cm³/mol. The van der Waals surface area contributed by atoms with Gasteiger partial charge in [-0.25, -0.2) is 13.2 Å². The SMILES string of the molecule is CCOC(=O)c1c(C)oc2ccc(NS(=O)(=O)c3ccc(CC)cc3)cc12. The van der Waals surface area contributed by atoms with Gasteiger partial charge in [0.15, 0.2) is 0 Å². The zero-order valence-corrected chi connectivity index (χ0v) is 16.2. The van der Waals surface area contributed by atoms with Crippen molar-refractivity contribution in [3.8, 4) is 0 Å². The van der Waals surface area contributed by atoms with Crippen LogP contribution in [0.3, 0.4) is 0 Å². The smallest absolute Gasteiger partial charge is 0.342 e. The number of nitrogens with one attached hydrogen (secondary N) is 1. The lowest BCUT2D eigenvalue weighted by atomic mass is 10.1. The van der Waals surface area contributed by atoms with Crippen molar-refractivity contribution in [3.05, 3.63) is 59.4 Å². The molecule has 3 aromatic rings. The molecule has 1 N–H and O–H groups in total. The molecule has 0 saturated carbocycles. The van der Waals surface area contributed by atoms with E-state index in [1.165, 1.54) is 0 Å². The number of esters is 1. The maximum atomic E-state index is 12.6. The van der Waals surface area contributed by atoms with Gasteiger partial charge in [0.05, 0.1) is 11.5 Å². The zero-order chi connectivity index (χ0) is 19.6. The summed E-state index contributed by atoms with van der Waals surface area (Å²) in [4.78, 5) is 12.4. The Morgan fingerprint density at radius 3 is 2.44 bits per heavy atom. The molecule has 7 heteroatoms. The van der Waals surface area contributed by atoms with Crippen LogP contribution in [0.5, 0.6) is 0 Å². The number of hydrogen-bond donors (Lipinski definition) is 1. The molecule has 1 heterocycles. The Labute approximate surface area is 158 Å². The summed E-state index contributed by atoms with van der Waals surface area (Å²) in [7, 11) is -3.74. The van der Waals surface area contributed by atoms with Crippen LogP contribution < -0.4 is 4.72 Å². The number of carbonyl (C=O) groups is 1. The Morgan fingerprint density at radius 2 is 1.81 bits per heavy atom. The van der Waals surface area contributed by atoms with Crippen LogP contribution in [0.1, 0.15) is 35.5 Å². The van der Waals surface area contributed by atoms with Crippen LogP contribution in [0.15, 0.2) is 51.8 Å². The largest absolute Gasteiger partial charge is 0.462 e. The first-order valence-corrected chi connectivity index (χ1v) is 10.2. The lowest BCUT2D eigenvalue weighted by Gasteiger charge is -2.09. The van der Waals surface area contributed by atoms with E-state index in [9.17, 15) is 13.2 Å². The Kier molecular flexibility index (Phi) is 5.23. The quantitative estimate of drug-likeness (QED) is 0.638. The normalized spacial score (nSPS) is 11.5. The van der Waals surface area contributed by atoms with Gasteiger partial charge in [-0.2, -0.15) is 0 Å². The van der Waals surface area contributed by atoms with Crippen LogP contribution in [0.4, 0.5) is 5.69 Å². The topological polar surface area (TPSA) is 85.6 Å². The Morgan fingerprint density at radius 1 is 1.11 bits per heavy atom. The highest BCUT2D eigenvalue weighted by molar-refractivity contribution is 7.92. The fraction of sp³-hybridized carbons (Fsp3) is 0.250.